The van der Waals surface area contributed by atoms with E-state index in [0.717, 1.165) is 0 Å². The van der Waals surface area contributed by atoms with Gasteiger partial charge in [-0.2, -0.15) is 15.0 Å². The van der Waals surface area contributed by atoms with E-state index in [0.29, 0.717) is 34.0 Å². The van der Waals surface area contributed by atoms with E-state index < -0.39 is 20.3 Å². The number of nitrogens with zero attached hydrogens (tertiary/aromatic N) is 7. The highest BCUT2D eigenvalue weighted by molar-refractivity contribution is 6.74. The van der Waals surface area contributed by atoms with Crippen LogP contribution in [0.15, 0.2) is 49.2 Å². The van der Waals surface area contributed by atoms with Crippen molar-refractivity contribution < 1.29 is 18.7 Å². The number of hydrogen-bond acceptors (Lipinski definition) is 10. The topological polar surface area (TPSA) is 150 Å². The van der Waals surface area contributed by atoms with Crippen LogP contribution in [-0.2, 0) is 14.0 Å². The minimum Gasteiger partial charge on any atom is -0.461 e. The zero-order valence-corrected chi connectivity index (χ0v) is 26.1. The molecule has 14 heteroatoms. The van der Waals surface area contributed by atoms with E-state index in [1.165, 1.54) is 29.5 Å². The first-order valence-electron chi connectivity index (χ1n) is 13.3. The van der Waals surface area contributed by atoms with Gasteiger partial charge < -0.3 is 19.2 Å². The standard InChI is InChI=1S/C28H33ClN8O4Si/c1-18(15-40-42(5,6)28(2,3)4)39-16-22(26(38)36-23-10-9-19(12-30)13-32-23)41-27-20-14-35-37(24(20)33-17-34-27)25-21(29)8-7-11-31-25/h7-11,13-14,17-18,22H,15-16H2,1-6H3,(H,32,36,38)/t18-,22+/m1/s1. The number of pyridine rings is 2. The maximum atomic E-state index is 13.4. The Labute approximate surface area is 250 Å². The van der Waals surface area contributed by atoms with E-state index in [2.05, 4.69) is 64.2 Å². The number of nitriles is 1. The van der Waals surface area contributed by atoms with Crippen molar-refractivity contribution in [1.82, 2.24) is 29.7 Å². The molecule has 0 unspecified atom stereocenters. The molecule has 220 valence electrons. The normalized spacial score (nSPS) is 13.4. The third kappa shape index (κ3) is 7.26. The highest BCUT2D eigenvalue weighted by Gasteiger charge is 2.37. The van der Waals surface area contributed by atoms with Crippen LogP contribution >= 0.6 is 11.6 Å². The van der Waals surface area contributed by atoms with E-state index in [1.807, 2.05) is 13.0 Å². The van der Waals surface area contributed by atoms with Crippen LogP contribution in [0.5, 0.6) is 5.88 Å². The molecule has 4 aromatic rings. The molecule has 0 aliphatic rings. The summed E-state index contributed by atoms with van der Waals surface area (Å²) in [5.41, 5.74) is 0.763. The summed E-state index contributed by atoms with van der Waals surface area (Å²) in [7, 11) is -1.99. The molecule has 12 nitrogen and oxygen atoms in total. The molecule has 4 heterocycles. The average molecular weight is 609 g/mol. The summed E-state index contributed by atoms with van der Waals surface area (Å²) in [5, 5.41) is 17.0. The fraction of sp³-hybridized carbons (Fsp3) is 0.393. The van der Waals surface area contributed by atoms with Crippen LogP contribution in [-0.4, -0.2) is 69.4 Å². The van der Waals surface area contributed by atoms with E-state index in [4.69, 9.17) is 30.8 Å². The fourth-order valence-corrected chi connectivity index (χ4v) is 4.77. The Bertz CT molecular complexity index is 1580. The molecule has 42 heavy (non-hydrogen) atoms. The highest BCUT2D eigenvalue weighted by atomic mass is 35.5. The maximum Gasteiger partial charge on any atom is 0.269 e. The third-order valence-corrected chi connectivity index (χ3v) is 11.8. The number of carbonyl (C=O) groups is 1. The van der Waals surface area contributed by atoms with Gasteiger partial charge >= 0.3 is 0 Å². The molecule has 0 saturated carbocycles. The molecule has 0 saturated heterocycles. The predicted octanol–water partition coefficient (Wildman–Crippen LogP) is 4.94. The molecule has 0 bridgehead atoms. The first kappa shape index (κ1) is 31.0. The van der Waals surface area contributed by atoms with E-state index in [9.17, 15) is 4.79 Å². The average Bonchev–Trinajstić information content (AvgIpc) is 3.39. The summed E-state index contributed by atoms with van der Waals surface area (Å²) in [6, 6.07) is 8.50. The summed E-state index contributed by atoms with van der Waals surface area (Å²) in [4.78, 5) is 30.4. The summed E-state index contributed by atoms with van der Waals surface area (Å²) in [6.07, 6.45) is 4.35. The van der Waals surface area contributed by atoms with Gasteiger partial charge in [-0.15, -0.1) is 0 Å². The Balaban J connectivity index is 1.56. The molecule has 0 fully saturated rings. The van der Waals surface area contributed by atoms with Crippen LogP contribution in [0.3, 0.4) is 0 Å². The monoisotopic (exact) mass is 608 g/mol. The summed E-state index contributed by atoms with van der Waals surface area (Å²) < 4.78 is 19.9. The van der Waals surface area contributed by atoms with Gasteiger partial charge in [0, 0.05) is 12.4 Å². The summed E-state index contributed by atoms with van der Waals surface area (Å²) >= 11 is 6.33. The number of aromatic nitrogens is 6. The minimum absolute atomic E-state index is 0.0503. The quantitative estimate of drug-likeness (QED) is 0.232. The van der Waals surface area contributed by atoms with Gasteiger partial charge in [0.25, 0.3) is 5.91 Å². The predicted molar refractivity (Wildman–Crippen MR) is 160 cm³/mol. The van der Waals surface area contributed by atoms with Gasteiger partial charge in [0.2, 0.25) is 12.0 Å². The second kappa shape index (κ2) is 12.9. The number of amides is 1. The van der Waals surface area contributed by atoms with Crippen molar-refractivity contribution in [2.45, 2.75) is 58.0 Å². The number of anilines is 1. The lowest BCUT2D eigenvalue weighted by molar-refractivity contribution is -0.127. The molecule has 2 atom stereocenters. The highest BCUT2D eigenvalue weighted by Crippen LogP contribution is 2.36. The van der Waals surface area contributed by atoms with Crippen molar-refractivity contribution in [2.75, 3.05) is 18.5 Å². The molecule has 4 rings (SSSR count). The number of hydrogen-bond donors (Lipinski definition) is 1. The van der Waals surface area contributed by atoms with Crippen LogP contribution in [0, 0.1) is 11.3 Å². The lowest BCUT2D eigenvalue weighted by Gasteiger charge is -2.37. The Kier molecular flexibility index (Phi) is 9.52. The second-order valence-corrected chi connectivity index (χ2v) is 16.4. The fourth-order valence-electron chi connectivity index (χ4n) is 3.49. The van der Waals surface area contributed by atoms with Crippen molar-refractivity contribution in [1.29, 1.82) is 5.26 Å². The molecule has 0 aliphatic carbocycles. The van der Waals surface area contributed by atoms with E-state index >= 15 is 0 Å². The molecular weight excluding hydrogens is 576 g/mol. The van der Waals surface area contributed by atoms with Crippen molar-refractivity contribution in [3.05, 3.63) is 59.8 Å². The van der Waals surface area contributed by atoms with Crippen LogP contribution < -0.4 is 10.1 Å². The molecule has 0 aromatic carbocycles. The van der Waals surface area contributed by atoms with Crippen LogP contribution in [0.25, 0.3) is 16.9 Å². The molecular formula is C28H33ClN8O4Si. The SMILES string of the molecule is C[C@H](CO[Si](C)(C)C(C)(C)C)OC[C@H](Oc1ncnc2c1cnn2-c1ncccc1Cl)C(=O)Nc1ccc(C#N)cn1. The smallest absolute Gasteiger partial charge is 0.269 e. The first-order chi connectivity index (χ1) is 19.9. The molecule has 0 spiro atoms. The van der Waals surface area contributed by atoms with Crippen molar-refractivity contribution in [3.8, 4) is 17.8 Å². The zero-order valence-electron chi connectivity index (χ0n) is 24.3. The number of ether oxygens (including phenoxy) is 2. The van der Waals surface area contributed by atoms with Gasteiger partial charge in [-0.05, 0) is 49.3 Å². The Hall–Kier alpha value is -3.96. The minimum atomic E-state index is -1.99. The molecule has 1 amide bonds. The largest absolute Gasteiger partial charge is 0.461 e. The second-order valence-electron chi connectivity index (χ2n) is 11.1. The maximum absolute atomic E-state index is 13.4. The lowest BCUT2D eigenvalue weighted by Crippen LogP contribution is -2.43. The van der Waals surface area contributed by atoms with E-state index in [1.54, 1.807) is 24.4 Å². The van der Waals surface area contributed by atoms with Crippen molar-refractivity contribution in [2.24, 2.45) is 0 Å². The molecule has 4 aromatic heterocycles. The number of carbonyl (C=O) groups excluding carboxylic acids is 1. The first-order valence-corrected chi connectivity index (χ1v) is 16.6. The summed E-state index contributed by atoms with van der Waals surface area (Å²) in [5.74, 6) is 0.253. The number of halogens is 1. The van der Waals surface area contributed by atoms with Gasteiger partial charge in [-0.3, -0.25) is 4.79 Å². The third-order valence-electron chi connectivity index (χ3n) is 6.98. The zero-order chi connectivity index (χ0) is 30.5. The van der Waals surface area contributed by atoms with Gasteiger partial charge in [-0.25, -0.2) is 19.9 Å². The van der Waals surface area contributed by atoms with Crippen LogP contribution in [0.1, 0.15) is 33.3 Å². The van der Waals surface area contributed by atoms with Gasteiger partial charge in [0.15, 0.2) is 19.8 Å². The van der Waals surface area contributed by atoms with Gasteiger partial charge in [0.1, 0.15) is 23.6 Å². The Morgan fingerprint density at radius 3 is 2.60 bits per heavy atom. The van der Waals surface area contributed by atoms with Crippen molar-refractivity contribution >= 4 is 42.7 Å². The Morgan fingerprint density at radius 2 is 1.93 bits per heavy atom. The molecule has 0 radical (unpaired) electrons. The van der Waals surface area contributed by atoms with Gasteiger partial charge in [0.05, 0.1) is 36.1 Å². The lowest BCUT2D eigenvalue weighted by atomic mass is 10.2. The number of nitrogens with one attached hydrogen (secondary N) is 1. The molecule has 0 aliphatic heterocycles. The number of fused-ring (bicyclic) bond motifs is 1. The van der Waals surface area contributed by atoms with Crippen LogP contribution in [0.2, 0.25) is 23.2 Å². The van der Waals surface area contributed by atoms with Crippen LogP contribution in [0.4, 0.5) is 5.82 Å². The molecule has 1 N–H and O–H groups in total. The van der Waals surface area contributed by atoms with Crippen molar-refractivity contribution in [3.63, 3.8) is 0 Å². The van der Waals surface area contributed by atoms with Gasteiger partial charge in [-0.1, -0.05) is 32.4 Å². The summed E-state index contributed by atoms with van der Waals surface area (Å²) in [6.45, 7) is 13.0. The number of rotatable bonds is 11. The Morgan fingerprint density at radius 1 is 1.14 bits per heavy atom. The van der Waals surface area contributed by atoms with E-state index in [-0.39, 0.29) is 29.4 Å².